The molecule has 0 radical (unpaired) electrons. The van der Waals surface area contributed by atoms with E-state index in [-0.39, 0.29) is 6.61 Å². The molecule has 1 aromatic heterocycles. The second-order valence-corrected chi connectivity index (χ2v) is 5.18. The number of aromatic nitrogens is 3. The molecule has 0 amide bonds. The van der Waals surface area contributed by atoms with Crippen molar-refractivity contribution in [3.8, 4) is 0 Å². The molecule has 2 aromatic rings. The normalized spacial score (nSPS) is 14.2. The number of aliphatic hydroxyl groups excluding tert-OH is 1. The lowest BCUT2D eigenvalue weighted by atomic mass is 9.77. The predicted molar refractivity (Wildman–Crippen MR) is 78.4 cm³/mol. The van der Waals surface area contributed by atoms with Crippen LogP contribution in [0.2, 0.25) is 0 Å². The molecule has 0 bridgehead atoms. The van der Waals surface area contributed by atoms with Crippen molar-refractivity contribution < 1.29 is 5.11 Å². The van der Waals surface area contributed by atoms with Gasteiger partial charge in [0.15, 0.2) is 0 Å². The quantitative estimate of drug-likeness (QED) is 0.825. The smallest absolute Gasteiger partial charge is 0.138 e. The molecule has 2 rings (SSSR count). The number of hydrogen-bond donors (Lipinski definition) is 2. The molecule has 108 valence electrons. The molecule has 0 saturated carbocycles. The third kappa shape index (κ3) is 2.73. The van der Waals surface area contributed by atoms with Gasteiger partial charge in [-0.05, 0) is 19.4 Å². The summed E-state index contributed by atoms with van der Waals surface area (Å²) in [5.74, 6) is 0.855. The summed E-state index contributed by atoms with van der Waals surface area (Å²) >= 11 is 0. The highest BCUT2D eigenvalue weighted by molar-refractivity contribution is 5.31. The second kappa shape index (κ2) is 6.15. The maximum Gasteiger partial charge on any atom is 0.138 e. The van der Waals surface area contributed by atoms with Crippen LogP contribution in [0.5, 0.6) is 0 Å². The van der Waals surface area contributed by atoms with Crippen molar-refractivity contribution in [2.24, 2.45) is 5.73 Å². The van der Waals surface area contributed by atoms with Gasteiger partial charge in [-0.25, -0.2) is 4.98 Å². The predicted octanol–water partition coefficient (Wildman–Crippen LogP) is 1.04. The van der Waals surface area contributed by atoms with E-state index in [2.05, 4.69) is 16.1 Å². The maximum atomic E-state index is 9.95. The van der Waals surface area contributed by atoms with Gasteiger partial charge in [0.25, 0.3) is 0 Å². The van der Waals surface area contributed by atoms with Crippen molar-refractivity contribution in [1.29, 1.82) is 0 Å². The second-order valence-electron chi connectivity index (χ2n) is 5.18. The van der Waals surface area contributed by atoms with Gasteiger partial charge < -0.3 is 10.8 Å². The first-order chi connectivity index (χ1) is 9.65. The Morgan fingerprint density at radius 3 is 2.80 bits per heavy atom. The van der Waals surface area contributed by atoms with E-state index in [1.54, 1.807) is 6.33 Å². The van der Waals surface area contributed by atoms with E-state index >= 15 is 0 Å². The van der Waals surface area contributed by atoms with Crippen LogP contribution in [0.1, 0.15) is 23.9 Å². The number of nitrogens with zero attached hydrogens (tertiary/aromatic N) is 3. The van der Waals surface area contributed by atoms with Gasteiger partial charge in [0, 0.05) is 24.9 Å². The standard InChI is InChI=1S/C15H22N4O/c1-3-19-14(17-11-18-19)8-15(9-16,10-20)13-6-4-5-12(2)7-13/h4-7,11,20H,3,8-10,16H2,1-2H3. The molecule has 20 heavy (non-hydrogen) atoms. The lowest BCUT2D eigenvalue weighted by Crippen LogP contribution is -2.41. The molecular formula is C15H22N4O. The van der Waals surface area contributed by atoms with Crippen LogP contribution in [0.3, 0.4) is 0 Å². The summed E-state index contributed by atoms with van der Waals surface area (Å²) in [4.78, 5) is 4.30. The molecule has 5 heteroatoms. The van der Waals surface area contributed by atoms with Crippen molar-refractivity contribution in [3.05, 3.63) is 47.5 Å². The summed E-state index contributed by atoms with van der Waals surface area (Å²) in [6.07, 6.45) is 2.13. The highest BCUT2D eigenvalue weighted by Crippen LogP contribution is 2.27. The summed E-state index contributed by atoms with van der Waals surface area (Å²) in [6.45, 7) is 5.17. The Labute approximate surface area is 119 Å². The van der Waals surface area contributed by atoms with Crippen molar-refractivity contribution >= 4 is 0 Å². The highest BCUT2D eigenvalue weighted by atomic mass is 16.3. The average molecular weight is 274 g/mol. The molecule has 0 fully saturated rings. The van der Waals surface area contributed by atoms with Crippen LogP contribution < -0.4 is 5.73 Å². The monoisotopic (exact) mass is 274 g/mol. The Balaban J connectivity index is 2.39. The van der Waals surface area contributed by atoms with Gasteiger partial charge in [0.2, 0.25) is 0 Å². The number of benzene rings is 1. The van der Waals surface area contributed by atoms with E-state index in [1.165, 1.54) is 0 Å². The minimum Gasteiger partial charge on any atom is -0.395 e. The molecule has 1 atom stereocenters. The minimum atomic E-state index is -0.508. The lowest BCUT2D eigenvalue weighted by Gasteiger charge is -2.31. The van der Waals surface area contributed by atoms with Gasteiger partial charge in [-0.1, -0.05) is 29.8 Å². The molecule has 1 unspecified atom stereocenters. The summed E-state index contributed by atoms with van der Waals surface area (Å²) in [5.41, 5.74) is 7.69. The van der Waals surface area contributed by atoms with Crippen LogP contribution in [-0.4, -0.2) is 33.0 Å². The maximum absolute atomic E-state index is 9.95. The Morgan fingerprint density at radius 2 is 2.20 bits per heavy atom. The summed E-state index contributed by atoms with van der Waals surface area (Å²) in [7, 11) is 0. The Bertz CT molecular complexity index is 561. The summed E-state index contributed by atoms with van der Waals surface area (Å²) in [5, 5.41) is 14.1. The van der Waals surface area contributed by atoms with Gasteiger partial charge in [0.1, 0.15) is 12.2 Å². The van der Waals surface area contributed by atoms with Crippen molar-refractivity contribution in [3.63, 3.8) is 0 Å². The van der Waals surface area contributed by atoms with E-state index in [0.717, 1.165) is 23.5 Å². The first-order valence-corrected chi connectivity index (χ1v) is 6.90. The SMILES string of the molecule is CCn1ncnc1CC(CN)(CO)c1cccc(C)c1. The van der Waals surface area contributed by atoms with E-state index in [4.69, 9.17) is 5.73 Å². The molecule has 0 spiro atoms. The molecule has 1 heterocycles. The lowest BCUT2D eigenvalue weighted by molar-refractivity contribution is 0.192. The fraction of sp³-hybridized carbons (Fsp3) is 0.467. The van der Waals surface area contributed by atoms with Crippen LogP contribution in [0.4, 0.5) is 0 Å². The van der Waals surface area contributed by atoms with Crippen molar-refractivity contribution in [1.82, 2.24) is 14.8 Å². The number of hydrogen-bond acceptors (Lipinski definition) is 4. The van der Waals surface area contributed by atoms with Crippen LogP contribution >= 0.6 is 0 Å². The average Bonchev–Trinajstić information content (AvgIpc) is 2.92. The van der Waals surface area contributed by atoms with E-state index in [1.807, 2.05) is 36.7 Å². The van der Waals surface area contributed by atoms with Gasteiger partial charge in [-0.15, -0.1) is 0 Å². The number of nitrogens with two attached hydrogens (primary N) is 1. The van der Waals surface area contributed by atoms with Gasteiger partial charge in [-0.3, -0.25) is 4.68 Å². The molecule has 0 aliphatic heterocycles. The van der Waals surface area contributed by atoms with Crippen LogP contribution in [-0.2, 0) is 18.4 Å². The topological polar surface area (TPSA) is 77.0 Å². The van der Waals surface area contributed by atoms with E-state index < -0.39 is 5.41 Å². The van der Waals surface area contributed by atoms with Crippen LogP contribution in [0, 0.1) is 6.92 Å². The van der Waals surface area contributed by atoms with Gasteiger partial charge in [0.05, 0.1) is 6.61 Å². The molecule has 3 N–H and O–H groups in total. The zero-order valence-corrected chi connectivity index (χ0v) is 12.1. The molecule has 1 aromatic carbocycles. The van der Waals surface area contributed by atoms with Crippen molar-refractivity contribution in [2.75, 3.05) is 13.2 Å². The van der Waals surface area contributed by atoms with E-state index in [9.17, 15) is 5.11 Å². The number of rotatable bonds is 6. The number of aliphatic hydroxyl groups is 1. The summed E-state index contributed by atoms with van der Waals surface area (Å²) in [6, 6.07) is 8.13. The fourth-order valence-corrected chi connectivity index (χ4v) is 2.47. The molecule has 0 aliphatic carbocycles. The fourth-order valence-electron chi connectivity index (χ4n) is 2.47. The number of aryl methyl sites for hydroxylation is 2. The largest absolute Gasteiger partial charge is 0.395 e. The molecule has 5 nitrogen and oxygen atoms in total. The third-order valence-corrected chi connectivity index (χ3v) is 3.82. The minimum absolute atomic E-state index is 0.0104. The molecule has 0 saturated heterocycles. The van der Waals surface area contributed by atoms with Crippen molar-refractivity contribution in [2.45, 2.75) is 32.2 Å². The van der Waals surface area contributed by atoms with Gasteiger partial charge in [-0.2, -0.15) is 5.10 Å². The first kappa shape index (κ1) is 14.7. The van der Waals surface area contributed by atoms with Crippen LogP contribution in [0.25, 0.3) is 0 Å². The molecule has 0 aliphatic rings. The van der Waals surface area contributed by atoms with Gasteiger partial charge >= 0.3 is 0 Å². The Kier molecular flexibility index (Phi) is 4.52. The highest BCUT2D eigenvalue weighted by Gasteiger charge is 2.32. The molecular weight excluding hydrogens is 252 g/mol. The zero-order chi connectivity index (χ0) is 14.6. The summed E-state index contributed by atoms with van der Waals surface area (Å²) < 4.78 is 1.84. The Hall–Kier alpha value is -1.72. The zero-order valence-electron chi connectivity index (χ0n) is 12.1. The first-order valence-electron chi connectivity index (χ1n) is 6.90. The third-order valence-electron chi connectivity index (χ3n) is 3.82. The van der Waals surface area contributed by atoms with E-state index in [0.29, 0.717) is 13.0 Å². The van der Waals surface area contributed by atoms with Crippen LogP contribution in [0.15, 0.2) is 30.6 Å². The Morgan fingerprint density at radius 1 is 1.40 bits per heavy atom.